The molecule has 344 valence electrons. The van der Waals surface area contributed by atoms with Crippen LogP contribution in [0.1, 0.15) is 258 Å². The number of nitrogens with one attached hydrogen (secondary N) is 1. The molecule has 0 saturated heterocycles. The van der Waals surface area contributed by atoms with Gasteiger partial charge in [0.05, 0.1) is 0 Å². The fourth-order valence-electron chi connectivity index (χ4n) is 7.57. The van der Waals surface area contributed by atoms with E-state index in [4.69, 9.17) is 10.5 Å². The van der Waals surface area contributed by atoms with Crippen LogP contribution in [0.3, 0.4) is 0 Å². The van der Waals surface area contributed by atoms with E-state index in [1.807, 2.05) is 0 Å². The molecule has 0 radical (unpaired) electrons. The van der Waals surface area contributed by atoms with Crippen molar-refractivity contribution in [1.29, 1.82) is 0 Å². The third kappa shape index (κ3) is 43.5. The average Bonchev–Trinajstić information content (AvgIpc) is 3.22. The minimum Gasteiger partial charge on any atom is -0.480 e. The molecule has 0 saturated carbocycles. The van der Waals surface area contributed by atoms with E-state index in [9.17, 15) is 19.5 Å². The van der Waals surface area contributed by atoms with Gasteiger partial charge in [-0.25, -0.2) is 4.79 Å². The third-order valence-corrected chi connectivity index (χ3v) is 11.4. The number of carboxylic acid groups (broad SMARTS) is 1. The van der Waals surface area contributed by atoms with Gasteiger partial charge in [0.1, 0.15) is 12.1 Å². The van der Waals surface area contributed by atoms with E-state index >= 15 is 0 Å². The van der Waals surface area contributed by atoms with Crippen molar-refractivity contribution >= 4 is 17.8 Å². The number of allylic oxidation sites excluding steroid dienone is 5. The lowest BCUT2D eigenvalue weighted by molar-refractivity contribution is -0.147. The highest BCUT2D eigenvalue weighted by molar-refractivity contribution is 5.83. The molecule has 0 aromatic rings. The van der Waals surface area contributed by atoms with Crippen LogP contribution in [-0.2, 0) is 19.1 Å². The van der Waals surface area contributed by atoms with Gasteiger partial charge in [-0.2, -0.15) is 0 Å². The molecule has 0 fully saturated rings. The van der Waals surface area contributed by atoms with Crippen molar-refractivity contribution in [2.24, 2.45) is 5.73 Å². The van der Waals surface area contributed by atoms with Crippen LogP contribution < -0.4 is 11.1 Å². The van der Waals surface area contributed by atoms with Crippen LogP contribution in [0.25, 0.3) is 0 Å². The summed E-state index contributed by atoms with van der Waals surface area (Å²) in [6, 6.07) is -0.856. The number of rotatable bonds is 46. The van der Waals surface area contributed by atoms with Crippen molar-refractivity contribution in [3.05, 3.63) is 36.5 Å². The van der Waals surface area contributed by atoms with E-state index in [0.29, 0.717) is 32.2 Å². The van der Waals surface area contributed by atoms with Crippen LogP contribution in [-0.4, -0.2) is 41.6 Å². The molecule has 0 aliphatic heterocycles. The van der Waals surface area contributed by atoms with Crippen LogP contribution in [0.15, 0.2) is 36.5 Å². The summed E-state index contributed by atoms with van der Waals surface area (Å²) < 4.78 is 5.97. The molecule has 4 N–H and O–H groups in total. The summed E-state index contributed by atoms with van der Waals surface area (Å²) in [4.78, 5) is 36.4. The first kappa shape index (κ1) is 56.6. The maximum absolute atomic E-state index is 12.8. The minimum atomic E-state index is -1.00. The number of esters is 1. The molecule has 0 spiro atoms. The molecule has 0 bridgehead atoms. The Labute approximate surface area is 365 Å². The van der Waals surface area contributed by atoms with Crippen molar-refractivity contribution in [3.63, 3.8) is 0 Å². The van der Waals surface area contributed by atoms with Crippen LogP contribution in [0, 0.1) is 0 Å². The molecule has 0 aromatic heterocycles. The first-order chi connectivity index (χ1) is 28.9. The summed E-state index contributed by atoms with van der Waals surface area (Å²) in [5.41, 5.74) is 5.48. The summed E-state index contributed by atoms with van der Waals surface area (Å²) in [5.74, 6) is -1.28. The van der Waals surface area contributed by atoms with Crippen molar-refractivity contribution in [1.82, 2.24) is 5.32 Å². The van der Waals surface area contributed by atoms with Crippen LogP contribution in [0.2, 0.25) is 0 Å². The lowest BCUT2D eigenvalue weighted by Crippen LogP contribution is -2.40. The fourth-order valence-corrected chi connectivity index (χ4v) is 7.57. The highest BCUT2D eigenvalue weighted by atomic mass is 16.5. The van der Waals surface area contributed by atoms with E-state index in [-0.39, 0.29) is 18.0 Å². The smallest absolute Gasteiger partial charge is 0.326 e. The van der Waals surface area contributed by atoms with Gasteiger partial charge in [0, 0.05) is 12.8 Å². The summed E-state index contributed by atoms with van der Waals surface area (Å²) >= 11 is 0. The Morgan fingerprint density at radius 2 is 0.932 bits per heavy atom. The van der Waals surface area contributed by atoms with Crippen molar-refractivity contribution in [2.45, 2.75) is 270 Å². The number of hydrogen-bond acceptors (Lipinski definition) is 5. The van der Waals surface area contributed by atoms with E-state index in [2.05, 4.69) is 55.6 Å². The quantitative estimate of drug-likeness (QED) is 0.0319. The summed E-state index contributed by atoms with van der Waals surface area (Å²) in [5, 5.41) is 11.9. The maximum Gasteiger partial charge on any atom is 0.326 e. The van der Waals surface area contributed by atoms with Gasteiger partial charge in [-0.3, -0.25) is 9.59 Å². The Kier molecular flexibility index (Phi) is 44.7. The van der Waals surface area contributed by atoms with Crippen molar-refractivity contribution < 1.29 is 24.2 Å². The summed E-state index contributed by atoms with van der Waals surface area (Å²) in [6.07, 6.45) is 56.6. The average molecular weight is 829 g/mol. The number of hydrogen-bond donors (Lipinski definition) is 3. The normalized spacial score (nSPS) is 12.9. The highest BCUT2D eigenvalue weighted by Crippen LogP contribution is 2.17. The lowest BCUT2D eigenvalue weighted by atomic mass is 10.0. The Bertz CT molecular complexity index is 1020. The predicted octanol–water partition coefficient (Wildman–Crippen LogP) is 15.0. The van der Waals surface area contributed by atoms with Gasteiger partial charge in [0.2, 0.25) is 5.91 Å². The number of aliphatic carboxylic acids is 1. The van der Waals surface area contributed by atoms with Crippen molar-refractivity contribution in [3.8, 4) is 0 Å². The van der Waals surface area contributed by atoms with E-state index in [0.717, 1.165) is 70.6 Å². The van der Waals surface area contributed by atoms with Crippen molar-refractivity contribution in [2.75, 3.05) is 6.54 Å². The highest BCUT2D eigenvalue weighted by Gasteiger charge is 2.18. The number of ether oxygens (including phenoxy) is 1. The second-order valence-corrected chi connectivity index (χ2v) is 17.2. The summed E-state index contributed by atoms with van der Waals surface area (Å²) in [6.45, 7) is 4.94. The first-order valence-electron chi connectivity index (χ1n) is 25.3. The molecule has 0 aliphatic carbocycles. The van der Waals surface area contributed by atoms with E-state index in [1.165, 1.54) is 148 Å². The number of nitrogens with two attached hydrogens (primary N) is 1. The molecular weight excluding hydrogens is 733 g/mol. The molecule has 0 heterocycles. The Morgan fingerprint density at radius 1 is 0.508 bits per heavy atom. The Balaban J connectivity index is 4.13. The summed E-state index contributed by atoms with van der Waals surface area (Å²) in [7, 11) is 0. The van der Waals surface area contributed by atoms with Gasteiger partial charge in [-0.05, 0) is 96.1 Å². The SMILES string of the molecule is CCCCCC/C=C\C/C=C\C(CCCCCCCCC(=O)NC(CCCN)C(=O)O)OC(=O)CCCCCCCCCCCCC/C=C\CCCCCCCCCC. The van der Waals surface area contributed by atoms with Crippen LogP contribution in [0.4, 0.5) is 0 Å². The number of amides is 1. The number of carbonyl (C=O) groups excluding carboxylic acids is 2. The van der Waals surface area contributed by atoms with Gasteiger partial charge in [-0.15, -0.1) is 0 Å². The Morgan fingerprint density at radius 3 is 1.42 bits per heavy atom. The maximum atomic E-state index is 12.8. The molecule has 0 aromatic carbocycles. The van der Waals surface area contributed by atoms with Gasteiger partial charge < -0.3 is 20.9 Å². The fraction of sp³-hybridized carbons (Fsp3) is 0.827. The molecule has 0 rings (SSSR count). The largest absolute Gasteiger partial charge is 0.480 e. The zero-order valence-electron chi connectivity index (χ0n) is 38.9. The molecule has 0 aliphatic rings. The predicted molar refractivity (Wildman–Crippen MR) is 253 cm³/mol. The van der Waals surface area contributed by atoms with Gasteiger partial charge in [0.25, 0.3) is 0 Å². The number of carbonyl (C=O) groups is 3. The molecule has 2 atom stereocenters. The molecule has 7 heteroatoms. The molecular formula is C52H96N2O5. The van der Waals surface area contributed by atoms with Gasteiger partial charge in [0.15, 0.2) is 0 Å². The van der Waals surface area contributed by atoms with E-state index < -0.39 is 12.0 Å². The zero-order valence-corrected chi connectivity index (χ0v) is 38.9. The first-order valence-corrected chi connectivity index (χ1v) is 25.3. The molecule has 1 amide bonds. The molecule has 2 unspecified atom stereocenters. The lowest BCUT2D eigenvalue weighted by Gasteiger charge is -2.15. The topological polar surface area (TPSA) is 119 Å². The van der Waals surface area contributed by atoms with Gasteiger partial charge >= 0.3 is 11.9 Å². The van der Waals surface area contributed by atoms with E-state index in [1.54, 1.807) is 0 Å². The number of carboxylic acids is 1. The second-order valence-electron chi connectivity index (χ2n) is 17.2. The number of unbranched alkanes of at least 4 members (excludes halogenated alkanes) is 28. The zero-order chi connectivity index (χ0) is 43.1. The monoisotopic (exact) mass is 829 g/mol. The minimum absolute atomic E-state index is 0.0726. The molecule has 59 heavy (non-hydrogen) atoms. The van der Waals surface area contributed by atoms with Crippen LogP contribution >= 0.6 is 0 Å². The van der Waals surface area contributed by atoms with Crippen LogP contribution in [0.5, 0.6) is 0 Å². The molecule has 7 nitrogen and oxygen atoms in total. The standard InChI is InChI=1S/C52H96N2O5/c1-3-5-7-9-11-13-14-15-16-17-18-19-20-21-22-23-24-25-26-28-30-36-40-46-51(56)59-48(42-37-33-29-27-12-10-8-6-4-2)43-38-34-31-32-35-39-45-50(55)54-49(52(57)58)44-41-47-53/h17-18,27,29,37,42,48-49H,3-16,19-26,28,30-36,38-41,43-47,53H2,1-2H3,(H,54,55)(H,57,58)/b18-17-,29-27-,42-37-. The third-order valence-electron chi connectivity index (χ3n) is 11.4. The van der Waals surface area contributed by atoms with Gasteiger partial charge in [-0.1, -0.05) is 192 Å². The second kappa shape index (κ2) is 46.7. The Hall–Kier alpha value is -2.41.